The minimum absolute atomic E-state index is 0.0399. The first-order valence-corrected chi connectivity index (χ1v) is 10.4. The molecule has 5 nitrogen and oxygen atoms in total. The number of fused-ring (bicyclic) bond motifs is 1. The average molecular weight is 395 g/mol. The third-order valence-electron chi connectivity index (χ3n) is 3.77. The zero-order chi connectivity index (χ0) is 18.4. The second kappa shape index (κ2) is 6.40. The lowest BCUT2D eigenvalue weighted by Gasteiger charge is -2.06. The van der Waals surface area contributed by atoms with E-state index >= 15 is 0 Å². The van der Waals surface area contributed by atoms with Gasteiger partial charge >= 0.3 is 0 Å². The highest BCUT2D eigenvalue weighted by atomic mass is 35.5. The molecule has 0 aliphatic rings. The molecule has 1 N–H and O–H groups in total. The van der Waals surface area contributed by atoms with Crippen molar-refractivity contribution >= 4 is 54.0 Å². The number of anilines is 1. The monoisotopic (exact) mass is 394 g/mol. The van der Waals surface area contributed by atoms with Gasteiger partial charge in [-0.2, -0.15) is 0 Å². The minimum atomic E-state index is -3.43. The lowest BCUT2D eigenvalue weighted by atomic mass is 10.1. The Morgan fingerprint density at radius 3 is 2.48 bits per heavy atom. The average Bonchev–Trinajstić information content (AvgIpc) is 2.95. The number of benzene rings is 2. The van der Waals surface area contributed by atoms with Crippen molar-refractivity contribution in [1.29, 1.82) is 0 Å². The maximum absolute atomic E-state index is 12.5. The lowest BCUT2D eigenvalue weighted by molar-refractivity contribution is 0.102. The van der Waals surface area contributed by atoms with Crippen LogP contribution in [0.5, 0.6) is 0 Å². The van der Waals surface area contributed by atoms with E-state index in [1.807, 2.05) is 26.0 Å². The number of nitrogens with zero attached hydrogens (tertiary/aromatic N) is 1. The number of aromatic nitrogens is 1. The van der Waals surface area contributed by atoms with Crippen molar-refractivity contribution in [2.45, 2.75) is 18.7 Å². The summed E-state index contributed by atoms with van der Waals surface area (Å²) in [5, 5.41) is 3.33. The molecule has 0 unspecified atom stereocenters. The van der Waals surface area contributed by atoms with E-state index in [1.165, 1.54) is 29.5 Å². The van der Waals surface area contributed by atoms with Crippen molar-refractivity contribution in [2.24, 2.45) is 0 Å². The fourth-order valence-electron chi connectivity index (χ4n) is 2.39. The third-order valence-corrected chi connectivity index (χ3v) is 6.32. The molecule has 1 heterocycles. The van der Waals surface area contributed by atoms with Crippen LogP contribution in [0.3, 0.4) is 0 Å². The van der Waals surface area contributed by atoms with E-state index in [0.717, 1.165) is 27.6 Å². The highest BCUT2D eigenvalue weighted by Gasteiger charge is 2.17. The van der Waals surface area contributed by atoms with Gasteiger partial charge in [-0.05, 0) is 43.2 Å². The number of hydrogen-bond donors (Lipinski definition) is 1. The molecule has 0 saturated heterocycles. The van der Waals surface area contributed by atoms with Gasteiger partial charge in [0.2, 0.25) is 0 Å². The molecule has 3 aromatic rings. The number of nitrogens with one attached hydrogen (secondary N) is 1. The maximum Gasteiger partial charge on any atom is 0.259 e. The fourth-order valence-corrected chi connectivity index (χ4v) is 4.24. The summed E-state index contributed by atoms with van der Waals surface area (Å²) in [6.07, 6.45) is 1.08. The van der Waals surface area contributed by atoms with Crippen LogP contribution in [0, 0.1) is 13.8 Å². The second-order valence-electron chi connectivity index (χ2n) is 5.76. The molecule has 0 bridgehead atoms. The van der Waals surface area contributed by atoms with Gasteiger partial charge in [0.25, 0.3) is 5.91 Å². The predicted molar refractivity (Wildman–Crippen MR) is 102 cm³/mol. The highest BCUT2D eigenvalue weighted by molar-refractivity contribution is 7.90. The normalized spacial score (nSPS) is 11.7. The summed E-state index contributed by atoms with van der Waals surface area (Å²) in [7, 11) is -3.43. The number of carbonyl (C=O) groups excluding carboxylic acids is 1. The first-order chi connectivity index (χ1) is 11.7. The number of carbonyl (C=O) groups is 1. The van der Waals surface area contributed by atoms with E-state index in [4.69, 9.17) is 11.6 Å². The molecule has 0 radical (unpaired) electrons. The first-order valence-electron chi connectivity index (χ1n) is 7.34. The van der Waals surface area contributed by atoms with Crippen LogP contribution < -0.4 is 5.32 Å². The summed E-state index contributed by atoms with van der Waals surface area (Å²) in [6.45, 7) is 3.94. The van der Waals surface area contributed by atoms with Crippen LogP contribution in [0.2, 0.25) is 5.02 Å². The summed E-state index contributed by atoms with van der Waals surface area (Å²) < 4.78 is 24.4. The van der Waals surface area contributed by atoms with Gasteiger partial charge < -0.3 is 0 Å². The van der Waals surface area contributed by atoms with E-state index in [9.17, 15) is 13.2 Å². The minimum Gasteiger partial charge on any atom is -0.298 e. The van der Waals surface area contributed by atoms with Crippen LogP contribution in [-0.4, -0.2) is 25.6 Å². The molecule has 25 heavy (non-hydrogen) atoms. The summed E-state index contributed by atoms with van der Waals surface area (Å²) >= 11 is 7.44. The van der Waals surface area contributed by atoms with Gasteiger partial charge in [0.1, 0.15) is 0 Å². The molecular formula is C17H15ClN2O3S2. The Morgan fingerprint density at radius 2 is 1.84 bits per heavy atom. The van der Waals surface area contributed by atoms with Gasteiger partial charge in [0.05, 0.1) is 25.7 Å². The standard InChI is InChI=1S/C17H15ClN2O3S2/c1-9-4-5-10(2)15-14(9)19-17(24-15)20-16(21)12-8-11(25(3,22)23)6-7-13(12)18/h4-8H,1-3H3,(H,19,20,21). The molecule has 0 atom stereocenters. The molecule has 0 aliphatic carbocycles. The molecule has 1 aromatic heterocycles. The Labute approximate surface area is 154 Å². The SMILES string of the molecule is Cc1ccc(C)c2sc(NC(=O)c3cc(S(C)(=O)=O)ccc3Cl)nc12. The lowest BCUT2D eigenvalue weighted by Crippen LogP contribution is -2.13. The smallest absolute Gasteiger partial charge is 0.259 e. The van der Waals surface area contributed by atoms with Gasteiger partial charge in [0.15, 0.2) is 15.0 Å². The Balaban J connectivity index is 1.98. The van der Waals surface area contributed by atoms with E-state index in [-0.39, 0.29) is 15.5 Å². The van der Waals surface area contributed by atoms with Gasteiger partial charge in [-0.1, -0.05) is 35.1 Å². The van der Waals surface area contributed by atoms with Crippen molar-refractivity contribution in [1.82, 2.24) is 4.98 Å². The van der Waals surface area contributed by atoms with Crippen LogP contribution in [0.25, 0.3) is 10.2 Å². The molecule has 3 rings (SSSR count). The molecule has 2 aromatic carbocycles. The molecule has 130 valence electrons. The van der Waals surface area contributed by atoms with E-state index in [2.05, 4.69) is 10.3 Å². The second-order valence-corrected chi connectivity index (χ2v) is 9.19. The summed E-state index contributed by atoms with van der Waals surface area (Å²) in [5.74, 6) is -0.495. The van der Waals surface area contributed by atoms with Crippen molar-refractivity contribution < 1.29 is 13.2 Å². The first kappa shape index (κ1) is 17.8. The van der Waals surface area contributed by atoms with Gasteiger partial charge in [-0.15, -0.1) is 0 Å². The number of amides is 1. The summed E-state index contributed by atoms with van der Waals surface area (Å²) in [6, 6.07) is 8.04. The number of thiazole rings is 1. The molecule has 0 aliphatic heterocycles. The Bertz CT molecular complexity index is 1070. The number of aryl methyl sites for hydroxylation is 2. The predicted octanol–water partition coefficient (Wildman–Crippen LogP) is 4.22. The van der Waals surface area contributed by atoms with Crippen molar-refractivity contribution in [3.63, 3.8) is 0 Å². The topological polar surface area (TPSA) is 76.1 Å². The highest BCUT2D eigenvalue weighted by Crippen LogP contribution is 2.31. The number of sulfone groups is 1. The zero-order valence-electron chi connectivity index (χ0n) is 13.8. The van der Waals surface area contributed by atoms with E-state index in [0.29, 0.717) is 5.13 Å². The van der Waals surface area contributed by atoms with Crippen LogP contribution in [0.15, 0.2) is 35.2 Å². The Kier molecular flexibility index (Phi) is 4.57. The fraction of sp³-hybridized carbons (Fsp3) is 0.176. The molecular weight excluding hydrogens is 380 g/mol. The summed E-state index contributed by atoms with van der Waals surface area (Å²) in [5.41, 5.74) is 3.04. The van der Waals surface area contributed by atoms with Crippen LogP contribution in [0.1, 0.15) is 21.5 Å². The molecule has 0 fully saturated rings. The molecule has 1 amide bonds. The van der Waals surface area contributed by atoms with Crippen molar-refractivity contribution in [3.05, 3.63) is 52.0 Å². The van der Waals surface area contributed by atoms with Gasteiger partial charge in [-0.3, -0.25) is 10.1 Å². The van der Waals surface area contributed by atoms with Crippen LogP contribution >= 0.6 is 22.9 Å². The Hall–Kier alpha value is -1.96. The number of rotatable bonds is 3. The quantitative estimate of drug-likeness (QED) is 0.721. The van der Waals surface area contributed by atoms with Crippen LogP contribution in [0.4, 0.5) is 5.13 Å². The largest absolute Gasteiger partial charge is 0.298 e. The Morgan fingerprint density at radius 1 is 1.16 bits per heavy atom. The van der Waals surface area contributed by atoms with E-state index in [1.54, 1.807) is 0 Å². The maximum atomic E-state index is 12.5. The molecule has 0 saturated carbocycles. The van der Waals surface area contributed by atoms with Gasteiger partial charge in [0, 0.05) is 6.26 Å². The van der Waals surface area contributed by atoms with Crippen LogP contribution in [-0.2, 0) is 9.84 Å². The molecule has 8 heteroatoms. The number of hydrogen-bond acceptors (Lipinski definition) is 5. The van der Waals surface area contributed by atoms with E-state index < -0.39 is 15.7 Å². The van der Waals surface area contributed by atoms with Gasteiger partial charge in [-0.25, -0.2) is 13.4 Å². The number of halogens is 1. The zero-order valence-corrected chi connectivity index (χ0v) is 16.1. The van der Waals surface area contributed by atoms with Crippen molar-refractivity contribution in [2.75, 3.05) is 11.6 Å². The van der Waals surface area contributed by atoms with Crippen molar-refractivity contribution in [3.8, 4) is 0 Å². The third kappa shape index (κ3) is 3.53. The molecule has 0 spiro atoms. The summed E-state index contributed by atoms with van der Waals surface area (Å²) in [4.78, 5) is 17.0.